The lowest BCUT2D eigenvalue weighted by Gasteiger charge is -2.12. The van der Waals surface area contributed by atoms with Crippen LogP contribution in [0.2, 0.25) is 10.0 Å². The fraction of sp³-hybridized carbons (Fsp3) is 0.235. The second-order valence-electron chi connectivity index (χ2n) is 4.80. The number of hydrogen-bond acceptors (Lipinski definition) is 3. The van der Waals surface area contributed by atoms with Gasteiger partial charge < -0.3 is 14.8 Å². The Labute approximate surface area is 145 Å². The molecule has 0 bridgehead atoms. The van der Waals surface area contributed by atoms with Crippen LogP contribution in [0.3, 0.4) is 0 Å². The molecule has 0 atom stereocenters. The van der Waals surface area contributed by atoms with Gasteiger partial charge in [-0.25, -0.2) is 0 Å². The quantitative estimate of drug-likeness (QED) is 0.790. The van der Waals surface area contributed by atoms with Crippen LogP contribution >= 0.6 is 23.2 Å². The Balaban J connectivity index is 2.16. The first-order valence-electron chi connectivity index (χ1n) is 7.12. The highest BCUT2D eigenvalue weighted by Gasteiger charge is 2.12. The summed E-state index contributed by atoms with van der Waals surface area (Å²) in [5.74, 6) is 0.851. The Morgan fingerprint density at radius 3 is 2.52 bits per heavy atom. The summed E-state index contributed by atoms with van der Waals surface area (Å²) in [6.07, 6.45) is 0.892. The smallest absolute Gasteiger partial charge is 0.255 e. The van der Waals surface area contributed by atoms with Gasteiger partial charge in [0.05, 0.1) is 23.8 Å². The van der Waals surface area contributed by atoms with Gasteiger partial charge in [-0.05, 0) is 42.8 Å². The van der Waals surface area contributed by atoms with Crippen molar-refractivity contribution in [1.29, 1.82) is 0 Å². The molecule has 2 aromatic rings. The van der Waals surface area contributed by atoms with Gasteiger partial charge in [-0.3, -0.25) is 4.79 Å². The molecule has 0 radical (unpaired) electrons. The van der Waals surface area contributed by atoms with E-state index in [0.717, 1.165) is 6.42 Å². The fourth-order valence-corrected chi connectivity index (χ4v) is 2.22. The predicted molar refractivity (Wildman–Crippen MR) is 93.2 cm³/mol. The molecule has 1 N–H and O–H groups in total. The normalized spacial score (nSPS) is 10.3. The molecule has 23 heavy (non-hydrogen) atoms. The zero-order valence-corrected chi connectivity index (χ0v) is 14.4. The van der Waals surface area contributed by atoms with Crippen LogP contribution in [-0.2, 0) is 0 Å². The van der Waals surface area contributed by atoms with Crippen LogP contribution in [0.15, 0.2) is 36.4 Å². The van der Waals surface area contributed by atoms with Crippen LogP contribution in [0.4, 0.5) is 5.69 Å². The summed E-state index contributed by atoms with van der Waals surface area (Å²) in [6, 6.07) is 9.94. The number of nitrogens with one attached hydrogen (secondary N) is 1. The van der Waals surface area contributed by atoms with Crippen molar-refractivity contribution in [3.63, 3.8) is 0 Å². The standard InChI is InChI=1S/C17H17Cl2NO3/c1-3-8-23-15-7-4-11(9-16(15)22-2)17(21)20-12-5-6-13(18)14(19)10-12/h4-7,9-10H,3,8H2,1-2H3,(H,20,21). The van der Waals surface area contributed by atoms with Crippen LogP contribution in [0.1, 0.15) is 23.7 Å². The first kappa shape index (κ1) is 17.4. The van der Waals surface area contributed by atoms with Crippen molar-refractivity contribution in [2.75, 3.05) is 19.0 Å². The van der Waals surface area contributed by atoms with Crippen molar-refractivity contribution in [1.82, 2.24) is 0 Å². The van der Waals surface area contributed by atoms with Crippen LogP contribution in [0.5, 0.6) is 11.5 Å². The minimum absolute atomic E-state index is 0.274. The van der Waals surface area contributed by atoms with E-state index in [1.54, 1.807) is 36.4 Å². The Kier molecular flexibility index (Phi) is 6.13. The lowest BCUT2D eigenvalue weighted by atomic mass is 10.2. The van der Waals surface area contributed by atoms with Gasteiger partial charge in [-0.15, -0.1) is 0 Å². The van der Waals surface area contributed by atoms with Crippen molar-refractivity contribution >= 4 is 34.8 Å². The number of carbonyl (C=O) groups excluding carboxylic acids is 1. The number of ether oxygens (including phenoxy) is 2. The third-order valence-corrected chi connectivity index (χ3v) is 3.80. The molecule has 2 rings (SSSR count). The minimum atomic E-state index is -0.274. The van der Waals surface area contributed by atoms with E-state index < -0.39 is 0 Å². The molecule has 4 nitrogen and oxygen atoms in total. The number of amides is 1. The van der Waals surface area contributed by atoms with Crippen LogP contribution in [0, 0.1) is 0 Å². The van der Waals surface area contributed by atoms with Gasteiger partial charge in [0.2, 0.25) is 0 Å². The summed E-state index contributed by atoms with van der Waals surface area (Å²) in [5, 5.41) is 3.58. The van der Waals surface area contributed by atoms with E-state index in [1.165, 1.54) is 7.11 Å². The van der Waals surface area contributed by atoms with Crippen molar-refractivity contribution in [3.05, 3.63) is 52.0 Å². The average Bonchev–Trinajstić information content (AvgIpc) is 2.56. The van der Waals surface area contributed by atoms with Gasteiger partial charge in [0, 0.05) is 11.3 Å². The summed E-state index contributed by atoms with van der Waals surface area (Å²) in [6.45, 7) is 2.61. The van der Waals surface area contributed by atoms with Crippen LogP contribution in [0.25, 0.3) is 0 Å². The lowest BCUT2D eigenvalue weighted by Crippen LogP contribution is -2.12. The molecule has 0 saturated carbocycles. The SMILES string of the molecule is CCCOc1ccc(C(=O)Nc2ccc(Cl)c(Cl)c2)cc1OC. The van der Waals surface area contributed by atoms with E-state index >= 15 is 0 Å². The van der Waals surface area contributed by atoms with E-state index in [1.807, 2.05) is 6.92 Å². The maximum atomic E-state index is 12.3. The second kappa shape index (κ2) is 8.09. The third kappa shape index (κ3) is 4.53. The molecule has 0 aliphatic carbocycles. The zero-order valence-electron chi connectivity index (χ0n) is 12.9. The van der Waals surface area contributed by atoms with Crippen LogP contribution < -0.4 is 14.8 Å². The summed E-state index contributed by atoms with van der Waals surface area (Å²) >= 11 is 11.8. The largest absolute Gasteiger partial charge is 0.493 e. The minimum Gasteiger partial charge on any atom is -0.493 e. The Morgan fingerprint density at radius 1 is 1.09 bits per heavy atom. The molecule has 0 spiro atoms. The molecule has 0 aromatic heterocycles. The molecule has 0 fully saturated rings. The molecule has 6 heteroatoms. The van der Waals surface area contributed by atoms with Crippen LogP contribution in [-0.4, -0.2) is 19.6 Å². The molecule has 0 aliphatic rings. The second-order valence-corrected chi connectivity index (χ2v) is 5.61. The lowest BCUT2D eigenvalue weighted by molar-refractivity contribution is 0.102. The molecule has 0 saturated heterocycles. The highest BCUT2D eigenvalue weighted by Crippen LogP contribution is 2.29. The summed E-state index contributed by atoms with van der Waals surface area (Å²) in [4.78, 5) is 12.3. The van der Waals surface area contributed by atoms with E-state index in [0.29, 0.717) is 39.4 Å². The number of hydrogen-bond donors (Lipinski definition) is 1. The van der Waals surface area contributed by atoms with Gasteiger partial charge in [0.25, 0.3) is 5.91 Å². The highest BCUT2D eigenvalue weighted by molar-refractivity contribution is 6.42. The topological polar surface area (TPSA) is 47.6 Å². The summed E-state index contributed by atoms with van der Waals surface area (Å²) in [5.41, 5.74) is 1.02. The molecule has 0 aliphatic heterocycles. The van der Waals surface area contributed by atoms with Gasteiger partial charge >= 0.3 is 0 Å². The number of rotatable bonds is 6. The molecular weight excluding hydrogens is 337 g/mol. The first-order valence-corrected chi connectivity index (χ1v) is 7.88. The van der Waals surface area contributed by atoms with E-state index in [-0.39, 0.29) is 5.91 Å². The summed E-state index contributed by atoms with van der Waals surface area (Å²) in [7, 11) is 1.54. The maximum Gasteiger partial charge on any atom is 0.255 e. The van der Waals surface area contributed by atoms with Crippen molar-refractivity contribution in [3.8, 4) is 11.5 Å². The number of methoxy groups -OCH3 is 1. The van der Waals surface area contributed by atoms with E-state index in [9.17, 15) is 4.79 Å². The number of carbonyl (C=O) groups is 1. The van der Waals surface area contributed by atoms with Gasteiger partial charge in [-0.1, -0.05) is 30.1 Å². The number of anilines is 1. The van der Waals surface area contributed by atoms with Gasteiger partial charge in [0.1, 0.15) is 0 Å². The monoisotopic (exact) mass is 353 g/mol. The van der Waals surface area contributed by atoms with E-state index in [2.05, 4.69) is 5.32 Å². The first-order chi connectivity index (χ1) is 11.0. The van der Waals surface area contributed by atoms with Gasteiger partial charge in [0.15, 0.2) is 11.5 Å². The van der Waals surface area contributed by atoms with Crippen molar-refractivity contribution in [2.45, 2.75) is 13.3 Å². The number of benzene rings is 2. The molecule has 0 unspecified atom stereocenters. The molecule has 122 valence electrons. The van der Waals surface area contributed by atoms with Crippen molar-refractivity contribution in [2.24, 2.45) is 0 Å². The molecule has 1 amide bonds. The molecule has 0 heterocycles. The van der Waals surface area contributed by atoms with E-state index in [4.69, 9.17) is 32.7 Å². The predicted octanol–water partition coefficient (Wildman–Crippen LogP) is 5.04. The fourth-order valence-electron chi connectivity index (χ4n) is 1.92. The summed E-state index contributed by atoms with van der Waals surface area (Å²) < 4.78 is 10.8. The molecule has 2 aromatic carbocycles. The highest BCUT2D eigenvalue weighted by atomic mass is 35.5. The van der Waals surface area contributed by atoms with Gasteiger partial charge in [-0.2, -0.15) is 0 Å². The average molecular weight is 354 g/mol. The molecular formula is C17H17Cl2NO3. The van der Waals surface area contributed by atoms with Crippen molar-refractivity contribution < 1.29 is 14.3 Å². The maximum absolute atomic E-state index is 12.3. The number of halogens is 2. The zero-order chi connectivity index (χ0) is 16.8. The Morgan fingerprint density at radius 2 is 1.87 bits per heavy atom. The Hall–Kier alpha value is -1.91. The third-order valence-electron chi connectivity index (χ3n) is 3.06. The Bertz CT molecular complexity index is 704.